The Morgan fingerprint density at radius 3 is 2.54 bits per heavy atom. The van der Waals surface area contributed by atoms with Gasteiger partial charge in [0.25, 0.3) is 0 Å². The van der Waals surface area contributed by atoms with Crippen LogP contribution in [0.25, 0.3) is 0 Å². The molecule has 0 saturated carbocycles. The number of piperidine rings is 1. The Morgan fingerprint density at radius 2 is 2.00 bits per heavy atom. The van der Waals surface area contributed by atoms with E-state index >= 15 is 0 Å². The van der Waals surface area contributed by atoms with Crippen LogP contribution in [-0.2, 0) is 0 Å². The van der Waals surface area contributed by atoms with Gasteiger partial charge >= 0.3 is 6.03 Å². The summed E-state index contributed by atoms with van der Waals surface area (Å²) in [5, 5.41) is 2.79. The summed E-state index contributed by atoms with van der Waals surface area (Å²) in [4.78, 5) is 13.3. The van der Waals surface area contributed by atoms with E-state index in [2.05, 4.69) is 27.8 Å². The minimum absolute atomic E-state index is 0.0281. The molecule has 0 spiro atoms. The molecule has 0 aliphatic carbocycles. The van der Waals surface area contributed by atoms with Gasteiger partial charge in [-0.3, -0.25) is 0 Å². The molecule has 0 radical (unpaired) electrons. The molecule has 0 aromatic carbocycles. The maximum absolute atomic E-state index is 11.5. The molecule has 13 heavy (non-hydrogen) atoms. The van der Waals surface area contributed by atoms with Crippen LogP contribution in [0.3, 0.4) is 0 Å². The fraction of sp³-hybridized carbons (Fsp3) is 0.667. The first-order valence-corrected chi connectivity index (χ1v) is 5.35. The zero-order valence-electron chi connectivity index (χ0n) is 7.68. The summed E-state index contributed by atoms with van der Waals surface area (Å²) in [7, 11) is 0. The predicted octanol–water partition coefficient (Wildman–Crippen LogP) is 2.09. The van der Waals surface area contributed by atoms with Crippen LogP contribution in [0.2, 0.25) is 0 Å². The van der Waals surface area contributed by atoms with Gasteiger partial charge in [-0.1, -0.05) is 22.5 Å². The second-order valence-electron chi connectivity index (χ2n) is 3.22. The molecule has 3 nitrogen and oxygen atoms in total. The van der Waals surface area contributed by atoms with E-state index in [1.54, 1.807) is 0 Å². The highest BCUT2D eigenvalue weighted by atomic mass is 79.9. The lowest BCUT2D eigenvalue weighted by molar-refractivity contribution is 0.187. The second-order valence-corrected chi connectivity index (χ2v) is 4.35. The van der Waals surface area contributed by atoms with E-state index < -0.39 is 0 Å². The number of hydrogen-bond acceptors (Lipinski definition) is 1. The van der Waals surface area contributed by atoms with Gasteiger partial charge in [0.15, 0.2) is 0 Å². The number of urea groups is 1. The van der Waals surface area contributed by atoms with Crippen molar-refractivity contribution in [2.45, 2.75) is 19.3 Å². The van der Waals surface area contributed by atoms with Crippen molar-refractivity contribution in [1.29, 1.82) is 0 Å². The topological polar surface area (TPSA) is 32.3 Å². The summed E-state index contributed by atoms with van der Waals surface area (Å²) in [6, 6.07) is 0.0281. The Bertz CT molecular complexity index is 200. The van der Waals surface area contributed by atoms with Crippen LogP contribution < -0.4 is 5.32 Å². The summed E-state index contributed by atoms with van der Waals surface area (Å²) < 4.78 is 0.804. The van der Waals surface area contributed by atoms with Gasteiger partial charge in [0.05, 0.1) is 6.54 Å². The highest BCUT2D eigenvalue weighted by Crippen LogP contribution is 2.08. The first kappa shape index (κ1) is 10.6. The van der Waals surface area contributed by atoms with Crippen LogP contribution in [0.5, 0.6) is 0 Å². The number of nitrogens with zero attached hydrogens (tertiary/aromatic N) is 1. The molecule has 1 rings (SSSR count). The molecule has 1 saturated heterocycles. The van der Waals surface area contributed by atoms with E-state index in [4.69, 9.17) is 0 Å². The van der Waals surface area contributed by atoms with Crippen LogP contribution >= 0.6 is 15.9 Å². The van der Waals surface area contributed by atoms with Crippen molar-refractivity contribution in [3.05, 3.63) is 11.1 Å². The summed E-state index contributed by atoms with van der Waals surface area (Å²) >= 11 is 3.20. The Kier molecular flexibility index (Phi) is 4.28. The van der Waals surface area contributed by atoms with Crippen LogP contribution in [0, 0.1) is 0 Å². The third-order valence-corrected chi connectivity index (χ3v) is 2.36. The van der Waals surface area contributed by atoms with Gasteiger partial charge in [0, 0.05) is 17.6 Å². The first-order chi connectivity index (χ1) is 6.20. The third kappa shape index (κ3) is 3.81. The Hall–Kier alpha value is -0.510. The Morgan fingerprint density at radius 1 is 1.38 bits per heavy atom. The van der Waals surface area contributed by atoms with Crippen LogP contribution in [0.15, 0.2) is 11.1 Å². The number of nitrogens with one attached hydrogen (secondary N) is 1. The molecule has 0 aromatic heterocycles. The van der Waals surface area contributed by atoms with Crippen LogP contribution in [-0.4, -0.2) is 30.6 Å². The van der Waals surface area contributed by atoms with Crippen LogP contribution in [0.1, 0.15) is 19.3 Å². The fourth-order valence-electron chi connectivity index (χ4n) is 1.38. The molecule has 0 atom stereocenters. The monoisotopic (exact) mass is 246 g/mol. The molecule has 1 heterocycles. The van der Waals surface area contributed by atoms with Gasteiger partial charge in [-0.05, 0) is 19.3 Å². The molecule has 0 aromatic rings. The molecular weight excluding hydrogens is 232 g/mol. The average Bonchev–Trinajstić information content (AvgIpc) is 2.15. The lowest BCUT2D eigenvalue weighted by atomic mass is 10.1. The fourth-order valence-corrected chi connectivity index (χ4v) is 1.52. The normalized spacial score (nSPS) is 16.8. The molecule has 1 aliphatic rings. The highest BCUT2D eigenvalue weighted by molar-refractivity contribution is 9.11. The van der Waals surface area contributed by atoms with Crippen molar-refractivity contribution in [2.75, 3.05) is 19.6 Å². The highest BCUT2D eigenvalue weighted by Gasteiger charge is 2.15. The molecule has 1 fully saturated rings. The van der Waals surface area contributed by atoms with Crippen molar-refractivity contribution in [3.63, 3.8) is 0 Å². The summed E-state index contributed by atoms with van der Waals surface area (Å²) in [6.45, 7) is 5.94. The number of amides is 2. The number of rotatable bonds is 2. The van der Waals surface area contributed by atoms with Gasteiger partial charge in [-0.25, -0.2) is 4.79 Å². The average molecular weight is 247 g/mol. The van der Waals surface area contributed by atoms with Crippen LogP contribution in [0.4, 0.5) is 4.79 Å². The lowest BCUT2D eigenvalue weighted by Crippen LogP contribution is -2.43. The predicted molar refractivity (Wildman–Crippen MR) is 56.9 cm³/mol. The van der Waals surface area contributed by atoms with Crippen molar-refractivity contribution in [1.82, 2.24) is 10.2 Å². The number of carbonyl (C=O) groups excluding carboxylic acids is 1. The van der Waals surface area contributed by atoms with Gasteiger partial charge in [-0.15, -0.1) is 0 Å². The Labute approximate surface area is 87.3 Å². The van der Waals surface area contributed by atoms with E-state index in [-0.39, 0.29) is 6.03 Å². The van der Waals surface area contributed by atoms with Gasteiger partial charge in [0.2, 0.25) is 0 Å². The molecular formula is C9H15BrN2O. The standard InChI is InChI=1S/C9H15BrN2O/c1-8(10)7-11-9(13)12-5-3-2-4-6-12/h1-7H2,(H,11,13). The molecule has 0 bridgehead atoms. The van der Waals surface area contributed by atoms with E-state index in [1.807, 2.05) is 4.90 Å². The molecule has 0 unspecified atom stereocenters. The zero-order chi connectivity index (χ0) is 9.68. The number of carbonyl (C=O) groups is 1. The van der Waals surface area contributed by atoms with Gasteiger partial charge in [-0.2, -0.15) is 0 Å². The lowest BCUT2D eigenvalue weighted by Gasteiger charge is -2.26. The molecule has 4 heteroatoms. The second kappa shape index (κ2) is 5.27. The maximum Gasteiger partial charge on any atom is 0.317 e. The summed E-state index contributed by atoms with van der Waals surface area (Å²) in [5.41, 5.74) is 0. The first-order valence-electron chi connectivity index (χ1n) is 4.56. The largest absolute Gasteiger partial charge is 0.333 e. The zero-order valence-corrected chi connectivity index (χ0v) is 9.27. The molecule has 2 amide bonds. The number of hydrogen-bond donors (Lipinski definition) is 1. The molecule has 1 N–H and O–H groups in total. The van der Waals surface area contributed by atoms with E-state index in [9.17, 15) is 4.79 Å². The van der Waals surface area contributed by atoms with E-state index in [1.165, 1.54) is 6.42 Å². The Balaban J connectivity index is 2.25. The minimum atomic E-state index is 0.0281. The van der Waals surface area contributed by atoms with Crippen molar-refractivity contribution in [2.24, 2.45) is 0 Å². The number of likely N-dealkylation sites (tertiary alicyclic amines) is 1. The van der Waals surface area contributed by atoms with E-state index in [0.717, 1.165) is 30.4 Å². The summed E-state index contributed by atoms with van der Waals surface area (Å²) in [5.74, 6) is 0. The minimum Gasteiger partial charge on any atom is -0.333 e. The van der Waals surface area contributed by atoms with Gasteiger partial charge in [0.1, 0.15) is 0 Å². The molecule has 74 valence electrons. The molecule has 1 aliphatic heterocycles. The SMILES string of the molecule is C=C(Br)CNC(=O)N1CCCCC1. The smallest absolute Gasteiger partial charge is 0.317 e. The van der Waals surface area contributed by atoms with Crippen molar-refractivity contribution in [3.8, 4) is 0 Å². The van der Waals surface area contributed by atoms with Gasteiger partial charge < -0.3 is 10.2 Å². The third-order valence-electron chi connectivity index (χ3n) is 2.07. The van der Waals surface area contributed by atoms with Crippen molar-refractivity contribution < 1.29 is 4.79 Å². The number of halogens is 1. The summed E-state index contributed by atoms with van der Waals surface area (Å²) in [6.07, 6.45) is 3.50. The maximum atomic E-state index is 11.5. The van der Waals surface area contributed by atoms with Crippen molar-refractivity contribution >= 4 is 22.0 Å². The quantitative estimate of drug-likeness (QED) is 0.796. The van der Waals surface area contributed by atoms with E-state index in [0.29, 0.717) is 6.54 Å².